The Morgan fingerprint density at radius 3 is 2.15 bits per heavy atom. The van der Waals surface area contributed by atoms with Crippen LogP contribution < -0.4 is 0 Å². The molecule has 7 heteroatoms. The molecule has 0 aromatic heterocycles. The van der Waals surface area contributed by atoms with Gasteiger partial charge in [-0.1, -0.05) is 0 Å². The van der Waals surface area contributed by atoms with Crippen LogP contribution in [0.25, 0.3) is 0 Å². The van der Waals surface area contributed by atoms with Crippen molar-refractivity contribution in [3.8, 4) is 0 Å². The summed E-state index contributed by atoms with van der Waals surface area (Å²) in [6.07, 6.45) is 0.718. The SMILES string of the molecule is CC(=O)N1CCN(C=O)C(C(=O)N2CCN(C)CC2)C1. The molecule has 0 aromatic carbocycles. The molecule has 1 unspecified atom stereocenters. The largest absolute Gasteiger partial charge is 0.339 e. The van der Waals surface area contributed by atoms with Gasteiger partial charge < -0.3 is 19.6 Å². The Labute approximate surface area is 119 Å². The van der Waals surface area contributed by atoms with Crippen LogP contribution in [-0.2, 0) is 14.4 Å². The number of amides is 3. The molecule has 112 valence electrons. The maximum Gasteiger partial charge on any atom is 0.247 e. The molecule has 2 fully saturated rings. The fourth-order valence-corrected chi connectivity index (χ4v) is 2.67. The highest BCUT2D eigenvalue weighted by Gasteiger charge is 2.35. The standard InChI is InChI=1S/C13H22N4O3/c1-11(19)16-7-8-17(10-18)12(9-16)13(20)15-5-3-14(2)4-6-15/h10,12H,3-9H2,1-2H3. The molecule has 1 atom stereocenters. The molecular formula is C13H22N4O3. The van der Waals surface area contributed by atoms with Crippen LogP contribution in [-0.4, -0.2) is 96.7 Å². The van der Waals surface area contributed by atoms with E-state index < -0.39 is 6.04 Å². The number of rotatable bonds is 2. The first kappa shape index (κ1) is 14.8. The lowest BCUT2D eigenvalue weighted by atomic mass is 10.1. The van der Waals surface area contributed by atoms with E-state index in [0.29, 0.717) is 32.7 Å². The van der Waals surface area contributed by atoms with E-state index in [-0.39, 0.29) is 11.8 Å². The van der Waals surface area contributed by atoms with E-state index in [9.17, 15) is 14.4 Å². The summed E-state index contributed by atoms with van der Waals surface area (Å²) < 4.78 is 0. The van der Waals surface area contributed by atoms with Crippen LogP contribution in [0, 0.1) is 0 Å². The van der Waals surface area contributed by atoms with Crippen LogP contribution in [0.1, 0.15) is 6.92 Å². The molecule has 2 aliphatic heterocycles. The average molecular weight is 282 g/mol. The number of likely N-dealkylation sites (N-methyl/N-ethyl adjacent to an activating group) is 1. The van der Waals surface area contributed by atoms with Gasteiger partial charge in [0.15, 0.2) is 0 Å². The smallest absolute Gasteiger partial charge is 0.247 e. The van der Waals surface area contributed by atoms with Gasteiger partial charge >= 0.3 is 0 Å². The first-order chi connectivity index (χ1) is 9.52. The van der Waals surface area contributed by atoms with E-state index in [4.69, 9.17) is 0 Å². The summed E-state index contributed by atoms with van der Waals surface area (Å²) in [7, 11) is 2.03. The average Bonchev–Trinajstić information content (AvgIpc) is 2.46. The van der Waals surface area contributed by atoms with E-state index in [1.165, 1.54) is 11.8 Å². The second kappa shape index (κ2) is 6.21. The van der Waals surface area contributed by atoms with E-state index in [2.05, 4.69) is 4.90 Å². The molecule has 0 radical (unpaired) electrons. The van der Waals surface area contributed by atoms with Crippen LogP contribution in [0.5, 0.6) is 0 Å². The molecule has 0 bridgehead atoms. The molecule has 0 aromatic rings. The summed E-state index contributed by atoms with van der Waals surface area (Å²) in [4.78, 5) is 42.3. The van der Waals surface area contributed by atoms with Crippen molar-refractivity contribution >= 4 is 18.2 Å². The molecular weight excluding hydrogens is 260 g/mol. The molecule has 0 aliphatic carbocycles. The molecule has 20 heavy (non-hydrogen) atoms. The van der Waals surface area contributed by atoms with E-state index in [0.717, 1.165) is 19.5 Å². The second-order valence-corrected chi connectivity index (χ2v) is 5.45. The van der Waals surface area contributed by atoms with Crippen LogP contribution in [0.2, 0.25) is 0 Å². The zero-order valence-electron chi connectivity index (χ0n) is 12.1. The molecule has 2 saturated heterocycles. The van der Waals surface area contributed by atoms with Gasteiger partial charge in [0, 0.05) is 46.2 Å². The minimum absolute atomic E-state index is 0.0452. The fourth-order valence-electron chi connectivity index (χ4n) is 2.67. The Kier molecular flexibility index (Phi) is 4.59. The zero-order valence-corrected chi connectivity index (χ0v) is 12.1. The Hall–Kier alpha value is -1.63. The van der Waals surface area contributed by atoms with E-state index >= 15 is 0 Å². The fraction of sp³-hybridized carbons (Fsp3) is 0.769. The van der Waals surface area contributed by atoms with Crippen molar-refractivity contribution in [2.24, 2.45) is 0 Å². The van der Waals surface area contributed by atoms with Gasteiger partial charge in [0.25, 0.3) is 0 Å². The van der Waals surface area contributed by atoms with Gasteiger partial charge in [0.1, 0.15) is 6.04 Å². The number of carbonyl (C=O) groups is 3. The maximum atomic E-state index is 12.6. The van der Waals surface area contributed by atoms with Gasteiger partial charge in [-0.05, 0) is 7.05 Å². The first-order valence-electron chi connectivity index (χ1n) is 6.97. The van der Waals surface area contributed by atoms with E-state index in [1.807, 2.05) is 7.05 Å². The van der Waals surface area contributed by atoms with Crippen LogP contribution in [0.4, 0.5) is 0 Å². The molecule has 0 N–H and O–H groups in total. The molecule has 0 saturated carbocycles. The number of nitrogens with zero attached hydrogens (tertiary/aromatic N) is 4. The quantitative estimate of drug-likeness (QED) is 0.575. The van der Waals surface area contributed by atoms with Crippen molar-refractivity contribution in [3.05, 3.63) is 0 Å². The molecule has 2 aliphatic rings. The number of piperazine rings is 2. The van der Waals surface area contributed by atoms with E-state index in [1.54, 1.807) is 9.80 Å². The Morgan fingerprint density at radius 1 is 1.00 bits per heavy atom. The van der Waals surface area contributed by atoms with Gasteiger partial charge in [-0.25, -0.2) is 0 Å². The summed E-state index contributed by atoms with van der Waals surface area (Å²) in [5.74, 6) is -0.0946. The summed E-state index contributed by atoms with van der Waals surface area (Å²) in [6, 6.07) is -0.534. The lowest BCUT2D eigenvalue weighted by Crippen LogP contribution is -2.61. The molecule has 2 heterocycles. The predicted molar refractivity (Wildman–Crippen MR) is 72.9 cm³/mol. The maximum absolute atomic E-state index is 12.6. The topological polar surface area (TPSA) is 64.2 Å². The van der Waals surface area contributed by atoms with Gasteiger partial charge in [0.05, 0.1) is 6.54 Å². The predicted octanol–water partition coefficient (Wildman–Crippen LogP) is -1.55. The molecule has 7 nitrogen and oxygen atoms in total. The third-order valence-electron chi connectivity index (χ3n) is 4.10. The summed E-state index contributed by atoms with van der Waals surface area (Å²) >= 11 is 0. The van der Waals surface area contributed by atoms with Crippen molar-refractivity contribution < 1.29 is 14.4 Å². The van der Waals surface area contributed by atoms with Gasteiger partial charge in [-0.3, -0.25) is 14.4 Å². The Bertz CT molecular complexity index is 393. The van der Waals surface area contributed by atoms with Gasteiger partial charge in [0.2, 0.25) is 18.2 Å². The van der Waals surface area contributed by atoms with Gasteiger partial charge in [-0.2, -0.15) is 0 Å². The second-order valence-electron chi connectivity index (χ2n) is 5.45. The van der Waals surface area contributed by atoms with Crippen LogP contribution in [0.15, 0.2) is 0 Å². The Balaban J connectivity index is 2.04. The molecule has 0 spiro atoms. The van der Waals surface area contributed by atoms with Crippen LogP contribution >= 0.6 is 0 Å². The lowest BCUT2D eigenvalue weighted by molar-refractivity contribution is -0.148. The highest BCUT2D eigenvalue weighted by molar-refractivity contribution is 5.85. The minimum Gasteiger partial charge on any atom is -0.339 e. The summed E-state index contributed by atoms with van der Waals surface area (Å²) in [5.41, 5.74) is 0. The minimum atomic E-state index is -0.534. The normalized spacial score (nSPS) is 24.7. The molecule has 3 amide bonds. The lowest BCUT2D eigenvalue weighted by Gasteiger charge is -2.41. The summed E-state index contributed by atoms with van der Waals surface area (Å²) in [6.45, 7) is 5.77. The van der Waals surface area contributed by atoms with Crippen molar-refractivity contribution in [3.63, 3.8) is 0 Å². The first-order valence-corrected chi connectivity index (χ1v) is 6.97. The number of carbonyl (C=O) groups excluding carboxylic acids is 3. The van der Waals surface area contributed by atoms with Crippen molar-refractivity contribution in [1.29, 1.82) is 0 Å². The zero-order chi connectivity index (χ0) is 14.7. The highest BCUT2D eigenvalue weighted by Crippen LogP contribution is 2.12. The van der Waals surface area contributed by atoms with Crippen molar-refractivity contribution in [1.82, 2.24) is 19.6 Å². The number of hydrogen-bond acceptors (Lipinski definition) is 4. The monoisotopic (exact) mass is 282 g/mol. The number of hydrogen-bond donors (Lipinski definition) is 0. The van der Waals surface area contributed by atoms with Crippen molar-refractivity contribution in [2.75, 3.05) is 52.9 Å². The van der Waals surface area contributed by atoms with Gasteiger partial charge in [-0.15, -0.1) is 0 Å². The van der Waals surface area contributed by atoms with Crippen molar-refractivity contribution in [2.45, 2.75) is 13.0 Å². The van der Waals surface area contributed by atoms with Crippen LogP contribution in [0.3, 0.4) is 0 Å². The highest BCUT2D eigenvalue weighted by atomic mass is 16.2. The molecule has 2 rings (SSSR count). The third-order valence-corrected chi connectivity index (χ3v) is 4.10. The summed E-state index contributed by atoms with van der Waals surface area (Å²) in [5, 5.41) is 0. The third kappa shape index (κ3) is 3.09. The Morgan fingerprint density at radius 2 is 1.60 bits per heavy atom.